The Hall–Kier alpha value is -0.610. The number of nitrogens with one attached hydrogen (secondary N) is 2. The van der Waals surface area contributed by atoms with Crippen molar-refractivity contribution in [1.29, 1.82) is 0 Å². The molecule has 4 heteroatoms. The van der Waals surface area contributed by atoms with Crippen LogP contribution in [0.4, 0.5) is 0 Å². The van der Waals surface area contributed by atoms with E-state index in [1.54, 1.807) is 7.05 Å². The van der Waals surface area contributed by atoms with Gasteiger partial charge in [-0.05, 0) is 12.8 Å². The molecule has 0 aromatic rings. The molecular formula is C8H16N2O2. The van der Waals surface area contributed by atoms with Crippen LogP contribution in [-0.2, 0) is 4.79 Å². The lowest BCUT2D eigenvalue weighted by molar-refractivity contribution is -0.120. The molecule has 0 aromatic carbocycles. The Morgan fingerprint density at radius 3 is 3.00 bits per heavy atom. The normalized spacial score (nSPS) is 28.8. The van der Waals surface area contributed by atoms with E-state index in [4.69, 9.17) is 5.11 Å². The zero-order chi connectivity index (χ0) is 8.97. The average molecular weight is 172 g/mol. The van der Waals surface area contributed by atoms with Crippen molar-refractivity contribution in [2.75, 3.05) is 13.6 Å². The van der Waals surface area contributed by atoms with Gasteiger partial charge in [0, 0.05) is 26.1 Å². The number of hydrogen-bond donors (Lipinski definition) is 3. The minimum atomic E-state index is -0.223. The van der Waals surface area contributed by atoms with Crippen LogP contribution in [0.2, 0.25) is 0 Å². The minimum absolute atomic E-state index is 0.0678. The molecule has 4 nitrogen and oxygen atoms in total. The lowest BCUT2D eigenvalue weighted by atomic mass is 10.1. The average Bonchev–Trinajstić information content (AvgIpc) is 2.47. The number of aliphatic hydroxyl groups is 1. The Labute approximate surface area is 72.3 Å². The smallest absolute Gasteiger partial charge is 0.219 e. The van der Waals surface area contributed by atoms with Crippen molar-refractivity contribution >= 4 is 5.91 Å². The van der Waals surface area contributed by atoms with Crippen molar-refractivity contribution in [2.45, 2.75) is 31.4 Å². The van der Waals surface area contributed by atoms with Crippen LogP contribution in [0, 0.1) is 0 Å². The third-order valence-electron chi connectivity index (χ3n) is 2.20. The van der Waals surface area contributed by atoms with Crippen LogP contribution in [0.5, 0.6) is 0 Å². The van der Waals surface area contributed by atoms with Gasteiger partial charge in [-0.25, -0.2) is 0 Å². The fourth-order valence-corrected chi connectivity index (χ4v) is 1.45. The Balaban J connectivity index is 2.11. The standard InChI is InChI=1S/C8H16N2O2/c1-9-8(12)3-2-6-4-7(11)5-10-6/h6-7,10-11H,2-5H2,1H3,(H,9,12)/t6-,7-/m1/s1. The van der Waals surface area contributed by atoms with Gasteiger partial charge in [-0.15, -0.1) is 0 Å². The van der Waals surface area contributed by atoms with E-state index in [1.807, 2.05) is 0 Å². The topological polar surface area (TPSA) is 61.4 Å². The summed E-state index contributed by atoms with van der Waals surface area (Å²) < 4.78 is 0. The van der Waals surface area contributed by atoms with Crippen molar-refractivity contribution in [1.82, 2.24) is 10.6 Å². The Morgan fingerprint density at radius 1 is 1.75 bits per heavy atom. The molecule has 1 aliphatic rings. The molecule has 1 amide bonds. The van der Waals surface area contributed by atoms with Gasteiger partial charge in [0.15, 0.2) is 0 Å². The van der Waals surface area contributed by atoms with Crippen LogP contribution in [0.3, 0.4) is 0 Å². The Bertz CT molecular complexity index is 161. The largest absolute Gasteiger partial charge is 0.392 e. The first kappa shape index (κ1) is 9.48. The number of carbonyl (C=O) groups is 1. The maximum Gasteiger partial charge on any atom is 0.219 e. The van der Waals surface area contributed by atoms with Gasteiger partial charge >= 0.3 is 0 Å². The summed E-state index contributed by atoms with van der Waals surface area (Å²) in [6, 6.07) is 0.317. The molecule has 0 aliphatic carbocycles. The molecule has 1 heterocycles. The maximum atomic E-state index is 10.8. The molecule has 1 fully saturated rings. The van der Waals surface area contributed by atoms with Crippen molar-refractivity contribution in [3.63, 3.8) is 0 Å². The highest BCUT2D eigenvalue weighted by Gasteiger charge is 2.21. The van der Waals surface area contributed by atoms with Gasteiger partial charge in [-0.2, -0.15) is 0 Å². The molecule has 70 valence electrons. The number of hydrogen-bond acceptors (Lipinski definition) is 3. The molecule has 0 radical (unpaired) electrons. The second-order valence-corrected chi connectivity index (χ2v) is 3.21. The first-order chi connectivity index (χ1) is 5.72. The summed E-state index contributed by atoms with van der Waals surface area (Å²) in [5.74, 6) is 0.0678. The molecule has 0 spiro atoms. The minimum Gasteiger partial charge on any atom is -0.392 e. The number of β-amino-alcohol motifs (C(OH)–C–C–N with tert-alkyl or cyclic N) is 1. The highest BCUT2D eigenvalue weighted by Crippen LogP contribution is 2.11. The van der Waals surface area contributed by atoms with E-state index in [0.29, 0.717) is 19.0 Å². The van der Waals surface area contributed by atoms with Crippen LogP contribution in [0.1, 0.15) is 19.3 Å². The summed E-state index contributed by atoms with van der Waals surface area (Å²) in [6.45, 7) is 0.665. The van der Waals surface area contributed by atoms with Crippen LogP contribution < -0.4 is 10.6 Å². The van der Waals surface area contributed by atoms with E-state index >= 15 is 0 Å². The zero-order valence-electron chi connectivity index (χ0n) is 7.34. The summed E-state index contributed by atoms with van der Waals surface area (Å²) in [5.41, 5.74) is 0. The molecule has 0 aromatic heterocycles. The van der Waals surface area contributed by atoms with Crippen molar-refractivity contribution in [2.24, 2.45) is 0 Å². The molecule has 1 rings (SSSR count). The first-order valence-corrected chi connectivity index (χ1v) is 4.34. The molecule has 1 saturated heterocycles. The molecule has 0 bridgehead atoms. The summed E-state index contributed by atoms with van der Waals surface area (Å²) in [5, 5.41) is 14.9. The summed E-state index contributed by atoms with van der Waals surface area (Å²) in [7, 11) is 1.64. The van der Waals surface area contributed by atoms with E-state index in [2.05, 4.69) is 10.6 Å². The highest BCUT2D eigenvalue weighted by atomic mass is 16.3. The van der Waals surface area contributed by atoms with E-state index in [9.17, 15) is 4.79 Å². The van der Waals surface area contributed by atoms with E-state index < -0.39 is 0 Å². The maximum absolute atomic E-state index is 10.8. The zero-order valence-corrected chi connectivity index (χ0v) is 7.34. The van der Waals surface area contributed by atoms with Gasteiger partial charge in [0.25, 0.3) is 0 Å². The van der Waals surface area contributed by atoms with Crippen LogP contribution in [0.25, 0.3) is 0 Å². The van der Waals surface area contributed by atoms with Gasteiger partial charge < -0.3 is 15.7 Å². The Kier molecular flexibility index (Phi) is 3.49. The van der Waals surface area contributed by atoms with Crippen LogP contribution in [-0.4, -0.2) is 36.8 Å². The summed E-state index contributed by atoms with van der Waals surface area (Å²) in [4.78, 5) is 10.8. The fourth-order valence-electron chi connectivity index (χ4n) is 1.45. The molecule has 2 atom stereocenters. The lowest BCUT2D eigenvalue weighted by Crippen LogP contribution is -2.25. The van der Waals surface area contributed by atoms with Gasteiger partial charge in [0.2, 0.25) is 5.91 Å². The predicted octanol–water partition coefficient (Wildman–Crippen LogP) is -0.765. The highest BCUT2D eigenvalue weighted by molar-refractivity contribution is 5.75. The molecule has 0 saturated carbocycles. The van der Waals surface area contributed by atoms with Gasteiger partial charge in [-0.3, -0.25) is 4.79 Å². The lowest BCUT2D eigenvalue weighted by Gasteiger charge is -2.07. The van der Waals surface area contributed by atoms with Crippen molar-refractivity contribution < 1.29 is 9.90 Å². The number of carbonyl (C=O) groups excluding carboxylic acids is 1. The number of rotatable bonds is 3. The first-order valence-electron chi connectivity index (χ1n) is 4.34. The number of amides is 1. The monoisotopic (exact) mass is 172 g/mol. The molecule has 0 unspecified atom stereocenters. The van der Waals surface area contributed by atoms with E-state index in [-0.39, 0.29) is 12.0 Å². The van der Waals surface area contributed by atoms with Crippen molar-refractivity contribution in [3.05, 3.63) is 0 Å². The van der Waals surface area contributed by atoms with E-state index in [0.717, 1.165) is 12.8 Å². The van der Waals surface area contributed by atoms with Gasteiger partial charge in [0.05, 0.1) is 6.10 Å². The summed E-state index contributed by atoms with van der Waals surface area (Å²) >= 11 is 0. The van der Waals surface area contributed by atoms with Crippen molar-refractivity contribution in [3.8, 4) is 0 Å². The fraction of sp³-hybridized carbons (Fsp3) is 0.875. The van der Waals surface area contributed by atoms with Crippen LogP contribution in [0.15, 0.2) is 0 Å². The van der Waals surface area contributed by atoms with Crippen LogP contribution >= 0.6 is 0 Å². The third-order valence-corrected chi connectivity index (χ3v) is 2.20. The second kappa shape index (κ2) is 4.42. The molecule has 1 aliphatic heterocycles. The summed E-state index contributed by atoms with van der Waals surface area (Å²) in [6.07, 6.45) is 1.91. The predicted molar refractivity (Wildman–Crippen MR) is 45.7 cm³/mol. The van der Waals surface area contributed by atoms with Gasteiger partial charge in [-0.1, -0.05) is 0 Å². The van der Waals surface area contributed by atoms with Gasteiger partial charge in [0.1, 0.15) is 0 Å². The SMILES string of the molecule is CNC(=O)CC[C@@H]1C[C@@H](O)CN1. The number of aliphatic hydroxyl groups excluding tert-OH is 1. The molecule has 12 heavy (non-hydrogen) atoms. The second-order valence-electron chi connectivity index (χ2n) is 3.21. The quantitative estimate of drug-likeness (QED) is 0.524. The van der Waals surface area contributed by atoms with E-state index in [1.165, 1.54) is 0 Å². The molecule has 3 N–H and O–H groups in total. The molecular weight excluding hydrogens is 156 g/mol. The Morgan fingerprint density at radius 2 is 2.50 bits per heavy atom. The third kappa shape index (κ3) is 2.79.